The number of benzene rings is 2. The molecule has 2 bridgehead atoms. The first-order chi connectivity index (χ1) is 15.1. The first kappa shape index (κ1) is 18.3. The molecule has 2 aromatic carbocycles. The summed E-state index contributed by atoms with van der Waals surface area (Å²) in [5, 5.41) is 2.92. The van der Waals surface area contributed by atoms with Gasteiger partial charge in [-0.3, -0.25) is 9.59 Å². The van der Waals surface area contributed by atoms with E-state index < -0.39 is 23.5 Å². The van der Waals surface area contributed by atoms with Crippen molar-refractivity contribution in [2.75, 3.05) is 30.7 Å². The van der Waals surface area contributed by atoms with Gasteiger partial charge in [0, 0.05) is 17.4 Å². The standard InChI is InChI=1S/C23H20N2O6/c1-28-15-5-2-13(3-6-15)24-21(26)19-17-8-9-23(31-17)11-25(22(27)20(19)23)14-4-7-16-18(10-14)30-12-29-16/h2-10,17,19-20H,11-12H2,1H3,(H,24,26)/t17-,19-,20-,23-/m0/s1. The van der Waals surface area contributed by atoms with E-state index in [9.17, 15) is 9.59 Å². The molecule has 31 heavy (non-hydrogen) atoms. The number of fused-ring (bicyclic) bond motifs is 2. The Morgan fingerprint density at radius 1 is 1.16 bits per heavy atom. The van der Waals surface area contributed by atoms with Gasteiger partial charge in [0.15, 0.2) is 11.5 Å². The minimum atomic E-state index is -0.792. The zero-order valence-corrected chi connectivity index (χ0v) is 16.7. The van der Waals surface area contributed by atoms with Gasteiger partial charge in [-0.25, -0.2) is 0 Å². The molecule has 0 radical (unpaired) electrons. The molecule has 4 aliphatic rings. The van der Waals surface area contributed by atoms with Crippen LogP contribution in [0.15, 0.2) is 54.6 Å². The Balaban J connectivity index is 1.27. The van der Waals surface area contributed by atoms with Crippen LogP contribution in [0.3, 0.4) is 0 Å². The third-order valence-electron chi connectivity index (χ3n) is 6.43. The summed E-state index contributed by atoms with van der Waals surface area (Å²) in [6, 6.07) is 12.5. The first-order valence-corrected chi connectivity index (χ1v) is 10.1. The first-order valence-electron chi connectivity index (χ1n) is 10.1. The molecule has 4 aliphatic heterocycles. The molecule has 2 amide bonds. The number of anilines is 2. The van der Waals surface area contributed by atoms with Crippen LogP contribution in [-0.2, 0) is 14.3 Å². The molecule has 4 atom stereocenters. The van der Waals surface area contributed by atoms with E-state index in [2.05, 4.69) is 5.32 Å². The average Bonchev–Trinajstić information content (AvgIpc) is 3.54. The maximum atomic E-state index is 13.5. The third kappa shape index (κ3) is 2.64. The quantitative estimate of drug-likeness (QED) is 0.765. The highest BCUT2D eigenvalue weighted by atomic mass is 16.7. The van der Waals surface area contributed by atoms with Gasteiger partial charge in [0.1, 0.15) is 11.4 Å². The minimum Gasteiger partial charge on any atom is -0.497 e. The Labute approximate surface area is 178 Å². The van der Waals surface area contributed by atoms with Crippen molar-refractivity contribution in [2.45, 2.75) is 11.7 Å². The molecule has 1 N–H and O–H groups in total. The van der Waals surface area contributed by atoms with Gasteiger partial charge < -0.3 is 29.2 Å². The number of amides is 2. The van der Waals surface area contributed by atoms with Crippen LogP contribution >= 0.6 is 0 Å². The number of carbonyl (C=O) groups excluding carboxylic acids is 2. The summed E-state index contributed by atoms with van der Waals surface area (Å²) >= 11 is 0. The van der Waals surface area contributed by atoms with Crippen LogP contribution < -0.4 is 24.4 Å². The van der Waals surface area contributed by atoms with Crippen LogP contribution in [0.25, 0.3) is 0 Å². The monoisotopic (exact) mass is 420 g/mol. The minimum absolute atomic E-state index is 0.124. The smallest absolute Gasteiger partial charge is 0.234 e. The summed E-state index contributed by atoms with van der Waals surface area (Å²) in [7, 11) is 1.59. The number of ether oxygens (including phenoxy) is 4. The van der Waals surface area contributed by atoms with Crippen LogP contribution in [0, 0.1) is 11.8 Å². The van der Waals surface area contributed by atoms with E-state index in [1.165, 1.54) is 0 Å². The molecular formula is C23H20N2O6. The summed E-state index contributed by atoms with van der Waals surface area (Å²) < 4.78 is 22.2. The van der Waals surface area contributed by atoms with Gasteiger partial charge in [-0.15, -0.1) is 0 Å². The number of rotatable bonds is 4. The van der Waals surface area contributed by atoms with Crippen molar-refractivity contribution in [2.24, 2.45) is 11.8 Å². The predicted molar refractivity (Wildman–Crippen MR) is 110 cm³/mol. The lowest BCUT2D eigenvalue weighted by molar-refractivity contribution is -0.128. The summed E-state index contributed by atoms with van der Waals surface area (Å²) in [6.45, 7) is 0.524. The molecule has 8 nitrogen and oxygen atoms in total. The molecule has 2 saturated heterocycles. The molecule has 2 aromatic rings. The lowest BCUT2D eigenvalue weighted by Gasteiger charge is -2.23. The van der Waals surface area contributed by atoms with Crippen molar-refractivity contribution in [3.8, 4) is 17.2 Å². The van der Waals surface area contributed by atoms with Crippen LogP contribution in [0.1, 0.15) is 0 Å². The van der Waals surface area contributed by atoms with E-state index in [4.69, 9.17) is 18.9 Å². The van der Waals surface area contributed by atoms with Gasteiger partial charge in [0.25, 0.3) is 0 Å². The maximum Gasteiger partial charge on any atom is 0.234 e. The summed E-state index contributed by atoms with van der Waals surface area (Å²) in [4.78, 5) is 28.3. The molecule has 6 rings (SSSR count). The number of methoxy groups -OCH3 is 1. The van der Waals surface area contributed by atoms with Crippen molar-refractivity contribution in [1.29, 1.82) is 0 Å². The molecule has 158 valence electrons. The average molecular weight is 420 g/mol. The van der Waals surface area contributed by atoms with Crippen molar-refractivity contribution in [3.05, 3.63) is 54.6 Å². The van der Waals surface area contributed by atoms with E-state index in [-0.39, 0.29) is 18.6 Å². The lowest BCUT2D eigenvalue weighted by Crippen LogP contribution is -2.41. The van der Waals surface area contributed by atoms with Gasteiger partial charge in [-0.1, -0.05) is 12.2 Å². The highest BCUT2D eigenvalue weighted by molar-refractivity contribution is 6.05. The molecule has 0 unspecified atom stereocenters. The fourth-order valence-corrected chi connectivity index (χ4v) is 4.97. The fraction of sp³-hybridized carbons (Fsp3) is 0.304. The zero-order chi connectivity index (χ0) is 21.2. The number of nitrogens with zero attached hydrogens (tertiary/aromatic N) is 1. The second kappa shape index (κ2) is 6.49. The number of hydrogen-bond donors (Lipinski definition) is 1. The second-order valence-electron chi connectivity index (χ2n) is 8.08. The Kier molecular flexibility index (Phi) is 3.82. The van der Waals surface area contributed by atoms with Crippen LogP contribution in [0.4, 0.5) is 11.4 Å². The van der Waals surface area contributed by atoms with Crippen LogP contribution in [0.2, 0.25) is 0 Å². The molecule has 1 spiro atoms. The molecule has 0 saturated carbocycles. The van der Waals surface area contributed by atoms with Gasteiger partial charge in [-0.05, 0) is 36.4 Å². The third-order valence-corrected chi connectivity index (χ3v) is 6.43. The summed E-state index contributed by atoms with van der Waals surface area (Å²) in [5.74, 6) is 0.433. The molecule has 2 fully saturated rings. The number of nitrogens with one attached hydrogen (secondary N) is 1. The normalized spacial score (nSPS) is 29.4. The van der Waals surface area contributed by atoms with E-state index in [0.717, 1.165) is 0 Å². The van der Waals surface area contributed by atoms with E-state index in [0.29, 0.717) is 35.2 Å². The van der Waals surface area contributed by atoms with Crippen molar-refractivity contribution >= 4 is 23.2 Å². The van der Waals surface area contributed by atoms with Crippen LogP contribution in [-0.4, -0.2) is 44.0 Å². The highest BCUT2D eigenvalue weighted by Gasteiger charge is 2.67. The Bertz CT molecular complexity index is 1110. The van der Waals surface area contributed by atoms with Crippen LogP contribution in [0.5, 0.6) is 17.2 Å². The van der Waals surface area contributed by atoms with Crippen molar-refractivity contribution in [3.63, 3.8) is 0 Å². The number of carbonyl (C=O) groups is 2. The molecule has 4 heterocycles. The molecule has 0 aliphatic carbocycles. The molecule has 0 aromatic heterocycles. The van der Waals surface area contributed by atoms with E-state index in [1.54, 1.807) is 48.4 Å². The molecule has 8 heteroatoms. The van der Waals surface area contributed by atoms with Gasteiger partial charge in [0.2, 0.25) is 18.6 Å². The Hall–Kier alpha value is -3.52. The summed E-state index contributed by atoms with van der Waals surface area (Å²) in [6.07, 6.45) is 3.42. The SMILES string of the molecule is COc1ccc(NC(=O)[C@H]2[C@@H]3C=C[C@@]4(CN(c5ccc6c(c5)OCO6)C(=O)[C@H]24)O3)cc1. The van der Waals surface area contributed by atoms with E-state index >= 15 is 0 Å². The van der Waals surface area contributed by atoms with Gasteiger partial charge >= 0.3 is 0 Å². The number of hydrogen-bond acceptors (Lipinski definition) is 6. The van der Waals surface area contributed by atoms with Crippen molar-refractivity contribution in [1.82, 2.24) is 0 Å². The van der Waals surface area contributed by atoms with E-state index in [1.807, 2.05) is 18.2 Å². The second-order valence-corrected chi connectivity index (χ2v) is 8.08. The molecular weight excluding hydrogens is 400 g/mol. The highest BCUT2D eigenvalue weighted by Crippen LogP contribution is 2.53. The van der Waals surface area contributed by atoms with Gasteiger partial charge in [0.05, 0.1) is 31.6 Å². The predicted octanol–water partition coefficient (Wildman–Crippen LogP) is 2.35. The Morgan fingerprint density at radius 3 is 2.77 bits per heavy atom. The largest absolute Gasteiger partial charge is 0.497 e. The zero-order valence-electron chi connectivity index (χ0n) is 16.7. The van der Waals surface area contributed by atoms with Crippen molar-refractivity contribution < 1.29 is 28.5 Å². The lowest BCUT2D eigenvalue weighted by atomic mass is 9.77. The maximum absolute atomic E-state index is 13.5. The Morgan fingerprint density at radius 2 is 1.97 bits per heavy atom. The van der Waals surface area contributed by atoms with Gasteiger partial charge in [-0.2, -0.15) is 0 Å². The fourth-order valence-electron chi connectivity index (χ4n) is 4.97. The summed E-state index contributed by atoms with van der Waals surface area (Å²) in [5.41, 5.74) is 0.553. The topological polar surface area (TPSA) is 86.3 Å².